The summed E-state index contributed by atoms with van der Waals surface area (Å²) in [5, 5.41) is 14.3. The van der Waals surface area contributed by atoms with Crippen LogP contribution in [-0.2, 0) is 24.9 Å². The summed E-state index contributed by atoms with van der Waals surface area (Å²) in [4.78, 5) is 30.3. The predicted octanol–water partition coefficient (Wildman–Crippen LogP) is 4.11. The molecule has 0 saturated heterocycles. The highest BCUT2D eigenvalue weighted by Crippen LogP contribution is 2.35. The molecule has 0 saturated carbocycles. The van der Waals surface area contributed by atoms with E-state index < -0.39 is 5.41 Å². The van der Waals surface area contributed by atoms with Gasteiger partial charge in [-0.3, -0.25) is 18.9 Å². The van der Waals surface area contributed by atoms with Gasteiger partial charge in [0.15, 0.2) is 12.1 Å². The average molecular weight is 513 g/mol. The molecule has 196 valence electrons. The zero-order valence-electron chi connectivity index (χ0n) is 21.7. The fourth-order valence-corrected chi connectivity index (χ4v) is 5.17. The van der Waals surface area contributed by atoms with Crippen LogP contribution in [0.15, 0.2) is 64.8 Å². The number of tetrazole rings is 1. The van der Waals surface area contributed by atoms with Gasteiger partial charge in [0.25, 0.3) is 0 Å². The maximum absolute atomic E-state index is 14.1. The molecule has 1 aliphatic heterocycles. The van der Waals surface area contributed by atoms with Gasteiger partial charge in [0.2, 0.25) is 0 Å². The zero-order valence-corrected chi connectivity index (χ0v) is 21.7. The molecule has 0 amide bonds. The lowest BCUT2D eigenvalue weighted by atomic mass is 9.76. The predicted molar refractivity (Wildman–Crippen MR) is 146 cm³/mol. The molecule has 3 aromatic heterocycles. The number of allylic oxidation sites excluding steroid dienone is 1. The Kier molecular flexibility index (Phi) is 7.30. The second-order valence-corrected chi connectivity index (χ2v) is 9.71. The highest BCUT2D eigenvalue weighted by Gasteiger charge is 2.33. The molecule has 1 N–H and O–H groups in total. The van der Waals surface area contributed by atoms with E-state index in [9.17, 15) is 9.59 Å². The molecule has 1 atom stereocenters. The molecule has 38 heavy (non-hydrogen) atoms. The van der Waals surface area contributed by atoms with E-state index in [4.69, 9.17) is 0 Å². The summed E-state index contributed by atoms with van der Waals surface area (Å²) >= 11 is 0. The molecule has 0 radical (unpaired) electrons. The fraction of sp³-hybridized carbons (Fsp3) is 0.357. The van der Waals surface area contributed by atoms with Crippen molar-refractivity contribution in [3.63, 3.8) is 0 Å². The summed E-state index contributed by atoms with van der Waals surface area (Å²) in [6.07, 6.45) is 14.7. The number of nitrogens with one attached hydrogen (secondary N) is 1. The number of aliphatic imine (C=N–C) groups is 1. The van der Waals surface area contributed by atoms with Gasteiger partial charge in [0.1, 0.15) is 5.82 Å². The standard InChI is InChI=1S/C28H32N8O2/c1-3-5-9-24-18-35(26-22(19-37)10-16-34(26)15-4-2)27(38)36(24)20-28(11-13-29-14-12-28)23-8-6-7-21(17-23)25-30-32-33-31-25/h6-8,10-11,13-14,16-19H,3-5,9,12,15,20H2,1-2H3,(H,30,31,32,33). The number of aldehydes is 1. The summed E-state index contributed by atoms with van der Waals surface area (Å²) in [5.74, 6) is 1.21. The molecule has 5 rings (SSSR count). The normalized spacial score (nSPS) is 16.8. The van der Waals surface area contributed by atoms with Crippen LogP contribution in [0.25, 0.3) is 17.2 Å². The molecule has 0 spiro atoms. The van der Waals surface area contributed by atoms with Crippen LogP contribution in [0.3, 0.4) is 0 Å². The number of aromatic amines is 1. The quantitative estimate of drug-likeness (QED) is 0.304. The first-order valence-corrected chi connectivity index (χ1v) is 13.1. The van der Waals surface area contributed by atoms with Crippen LogP contribution in [0, 0.1) is 0 Å². The Bertz CT molecular complexity index is 1520. The number of nitrogens with zero attached hydrogens (tertiary/aromatic N) is 7. The minimum atomic E-state index is -0.499. The molecule has 1 aromatic carbocycles. The molecule has 10 heteroatoms. The Morgan fingerprint density at radius 3 is 2.79 bits per heavy atom. The first kappa shape index (κ1) is 25.3. The molecule has 1 aliphatic rings. The summed E-state index contributed by atoms with van der Waals surface area (Å²) in [6, 6.07) is 9.85. The van der Waals surface area contributed by atoms with E-state index in [1.54, 1.807) is 16.8 Å². The molecule has 0 aliphatic carbocycles. The van der Waals surface area contributed by atoms with Crippen LogP contribution in [0.5, 0.6) is 0 Å². The van der Waals surface area contributed by atoms with Crippen LogP contribution in [0.1, 0.15) is 61.1 Å². The number of imidazole rings is 1. The molecular weight excluding hydrogens is 480 g/mol. The van der Waals surface area contributed by atoms with E-state index in [1.165, 1.54) is 0 Å². The van der Waals surface area contributed by atoms with Gasteiger partial charge < -0.3 is 4.57 Å². The van der Waals surface area contributed by atoms with Crippen LogP contribution < -0.4 is 5.69 Å². The molecule has 10 nitrogen and oxygen atoms in total. The summed E-state index contributed by atoms with van der Waals surface area (Å²) in [5.41, 5.74) is 2.71. The van der Waals surface area contributed by atoms with Crippen LogP contribution in [-0.4, -0.2) is 46.8 Å². The van der Waals surface area contributed by atoms with E-state index in [1.807, 2.05) is 39.9 Å². The van der Waals surface area contributed by atoms with Gasteiger partial charge >= 0.3 is 5.69 Å². The number of aryl methyl sites for hydroxylation is 2. The van der Waals surface area contributed by atoms with Crippen molar-refractivity contribution in [1.29, 1.82) is 0 Å². The average Bonchev–Trinajstić information content (AvgIpc) is 3.69. The fourth-order valence-electron chi connectivity index (χ4n) is 5.17. The lowest BCUT2D eigenvalue weighted by Crippen LogP contribution is -2.37. The number of carbonyl (C=O) groups is 1. The molecule has 4 aromatic rings. The number of benzene rings is 1. The Morgan fingerprint density at radius 2 is 2.08 bits per heavy atom. The zero-order chi connectivity index (χ0) is 26.5. The summed E-state index contributed by atoms with van der Waals surface area (Å²) in [6.45, 7) is 5.37. The van der Waals surface area contributed by atoms with Gasteiger partial charge in [0, 0.05) is 54.6 Å². The van der Waals surface area contributed by atoms with Crippen molar-refractivity contribution < 1.29 is 4.79 Å². The third-order valence-electron chi connectivity index (χ3n) is 7.17. The monoisotopic (exact) mass is 512 g/mol. The van der Waals surface area contributed by atoms with Gasteiger partial charge in [-0.25, -0.2) is 9.89 Å². The van der Waals surface area contributed by atoms with Gasteiger partial charge in [0.05, 0.1) is 5.56 Å². The van der Waals surface area contributed by atoms with Gasteiger partial charge in [-0.15, -0.1) is 5.10 Å². The van der Waals surface area contributed by atoms with E-state index in [0.29, 0.717) is 30.2 Å². The third-order valence-corrected chi connectivity index (χ3v) is 7.17. The van der Waals surface area contributed by atoms with Crippen molar-refractivity contribution in [1.82, 2.24) is 34.3 Å². The Morgan fingerprint density at radius 1 is 1.18 bits per heavy atom. The minimum Gasteiger partial charge on any atom is -0.333 e. The first-order valence-electron chi connectivity index (χ1n) is 13.1. The maximum atomic E-state index is 14.1. The smallest absolute Gasteiger partial charge is 0.333 e. The van der Waals surface area contributed by atoms with Crippen molar-refractivity contribution >= 4 is 12.5 Å². The van der Waals surface area contributed by atoms with Crippen LogP contribution in [0.4, 0.5) is 0 Å². The molecule has 1 unspecified atom stereocenters. The van der Waals surface area contributed by atoms with Crippen molar-refractivity contribution in [3.05, 3.63) is 82.3 Å². The maximum Gasteiger partial charge on any atom is 0.334 e. The van der Waals surface area contributed by atoms with Gasteiger partial charge in [-0.1, -0.05) is 44.5 Å². The van der Waals surface area contributed by atoms with Crippen molar-refractivity contribution in [2.24, 2.45) is 4.99 Å². The van der Waals surface area contributed by atoms with E-state index in [2.05, 4.69) is 57.7 Å². The lowest BCUT2D eigenvalue weighted by Gasteiger charge is -2.32. The van der Waals surface area contributed by atoms with Crippen LogP contribution in [0.2, 0.25) is 0 Å². The molecule has 0 bridgehead atoms. The highest BCUT2D eigenvalue weighted by atomic mass is 16.2. The van der Waals surface area contributed by atoms with E-state index >= 15 is 0 Å². The number of hydrogen-bond acceptors (Lipinski definition) is 6. The Balaban J connectivity index is 1.63. The lowest BCUT2D eigenvalue weighted by molar-refractivity contribution is 0.112. The van der Waals surface area contributed by atoms with E-state index in [0.717, 1.165) is 55.3 Å². The minimum absolute atomic E-state index is 0.152. The first-order chi connectivity index (χ1) is 18.6. The number of aromatic nitrogens is 7. The molecular formula is C28H32N8O2. The number of H-pyrrole nitrogens is 1. The largest absolute Gasteiger partial charge is 0.334 e. The van der Waals surface area contributed by atoms with Crippen LogP contribution >= 0.6 is 0 Å². The number of carbonyl (C=O) groups excluding carboxylic acids is 1. The van der Waals surface area contributed by atoms with Crippen molar-refractivity contribution in [2.45, 2.75) is 64.5 Å². The summed E-state index contributed by atoms with van der Waals surface area (Å²) in [7, 11) is 0. The number of rotatable bonds is 11. The second-order valence-electron chi connectivity index (χ2n) is 9.71. The Labute approximate surface area is 220 Å². The molecule has 4 heterocycles. The summed E-state index contributed by atoms with van der Waals surface area (Å²) < 4.78 is 5.51. The molecule has 0 fully saturated rings. The second kappa shape index (κ2) is 11.0. The Hall–Kier alpha value is -4.34. The van der Waals surface area contributed by atoms with Gasteiger partial charge in [-0.05, 0) is 53.8 Å². The SMILES string of the molecule is CCCCc1cn(-c2c(C=O)ccn2CCC)c(=O)n1CC1(c2cccc(-c3nnn[nH]3)c2)C=CN=CC1. The van der Waals surface area contributed by atoms with E-state index in [-0.39, 0.29) is 5.69 Å². The third kappa shape index (κ3) is 4.69. The number of hydrogen-bond donors (Lipinski definition) is 1. The van der Waals surface area contributed by atoms with Crippen molar-refractivity contribution in [3.8, 4) is 17.2 Å². The highest BCUT2D eigenvalue weighted by molar-refractivity contribution is 5.80. The van der Waals surface area contributed by atoms with Crippen molar-refractivity contribution in [2.75, 3.05) is 0 Å². The van der Waals surface area contributed by atoms with Gasteiger partial charge in [-0.2, -0.15) is 0 Å². The topological polar surface area (TPSA) is 116 Å². The number of unbranched alkanes of at least 4 members (excludes halogenated alkanes) is 1.